The first-order valence-electron chi connectivity index (χ1n) is 7.42. The zero-order valence-electron chi connectivity index (χ0n) is 12.7. The molecule has 0 bridgehead atoms. The van der Waals surface area contributed by atoms with Gasteiger partial charge >= 0.3 is 0 Å². The Bertz CT molecular complexity index is 838. The lowest BCUT2D eigenvalue weighted by Crippen LogP contribution is -2.33. The van der Waals surface area contributed by atoms with Crippen molar-refractivity contribution < 1.29 is 12.8 Å². The molecule has 0 heterocycles. The van der Waals surface area contributed by atoms with E-state index < -0.39 is 15.8 Å². The molecule has 1 atom stereocenters. The van der Waals surface area contributed by atoms with Crippen LogP contribution in [0.5, 0.6) is 0 Å². The average Bonchev–Trinajstić information content (AvgIpc) is 2.56. The average molecular weight is 354 g/mol. The maximum atomic E-state index is 13.3. The topological polar surface area (TPSA) is 37.4 Å². The quantitative estimate of drug-likeness (QED) is 0.830. The maximum Gasteiger partial charge on any atom is 0.243 e. The van der Waals surface area contributed by atoms with Crippen molar-refractivity contribution in [2.24, 2.45) is 0 Å². The molecule has 3 rings (SSSR count). The van der Waals surface area contributed by atoms with E-state index in [0.717, 1.165) is 37.0 Å². The fraction of sp³-hybridized carbons (Fsp3) is 0.294. The van der Waals surface area contributed by atoms with Crippen LogP contribution in [0.15, 0.2) is 47.4 Å². The summed E-state index contributed by atoms with van der Waals surface area (Å²) in [6.45, 7) is 0. The second-order valence-electron chi connectivity index (χ2n) is 5.70. The van der Waals surface area contributed by atoms with E-state index in [0.29, 0.717) is 0 Å². The summed E-state index contributed by atoms with van der Waals surface area (Å²) < 4.78 is 40.4. The third-order valence-corrected chi connectivity index (χ3v) is 6.50. The maximum absolute atomic E-state index is 13.3. The third kappa shape index (κ3) is 3.01. The summed E-state index contributed by atoms with van der Waals surface area (Å²) in [5.41, 5.74) is 2.22. The molecule has 0 fully saturated rings. The lowest BCUT2D eigenvalue weighted by atomic mass is 9.88. The highest BCUT2D eigenvalue weighted by atomic mass is 35.5. The number of benzene rings is 2. The van der Waals surface area contributed by atoms with Crippen LogP contribution in [-0.4, -0.2) is 19.8 Å². The first-order valence-corrected chi connectivity index (χ1v) is 9.24. The van der Waals surface area contributed by atoms with E-state index in [1.807, 2.05) is 24.3 Å². The Labute approximate surface area is 140 Å². The molecule has 0 saturated carbocycles. The third-order valence-electron chi connectivity index (χ3n) is 4.34. The van der Waals surface area contributed by atoms with Crippen molar-refractivity contribution in [2.45, 2.75) is 30.2 Å². The van der Waals surface area contributed by atoms with E-state index in [1.165, 1.54) is 15.9 Å². The zero-order chi connectivity index (χ0) is 16.6. The van der Waals surface area contributed by atoms with E-state index in [9.17, 15) is 12.8 Å². The molecule has 1 aliphatic carbocycles. The predicted molar refractivity (Wildman–Crippen MR) is 88.5 cm³/mol. The summed E-state index contributed by atoms with van der Waals surface area (Å²) in [4.78, 5) is 0.00875. The van der Waals surface area contributed by atoms with Crippen LogP contribution in [0.3, 0.4) is 0 Å². The molecule has 2 aromatic rings. The fourth-order valence-electron chi connectivity index (χ4n) is 3.08. The number of hydrogen-bond donors (Lipinski definition) is 0. The molecule has 122 valence electrons. The van der Waals surface area contributed by atoms with Gasteiger partial charge in [-0.2, -0.15) is 4.31 Å². The summed E-state index contributed by atoms with van der Waals surface area (Å²) in [5.74, 6) is -0.628. The summed E-state index contributed by atoms with van der Waals surface area (Å²) >= 11 is 5.73. The van der Waals surface area contributed by atoms with Crippen LogP contribution < -0.4 is 0 Å². The van der Waals surface area contributed by atoms with E-state index in [4.69, 9.17) is 11.6 Å². The van der Waals surface area contributed by atoms with Crippen molar-refractivity contribution in [2.75, 3.05) is 7.05 Å². The predicted octanol–water partition coefficient (Wildman–Crippen LogP) is 4.18. The Morgan fingerprint density at radius 3 is 2.70 bits per heavy atom. The normalized spacial score (nSPS) is 18.0. The van der Waals surface area contributed by atoms with Gasteiger partial charge in [-0.3, -0.25) is 0 Å². The van der Waals surface area contributed by atoms with E-state index in [-0.39, 0.29) is 16.0 Å². The number of fused-ring (bicyclic) bond motifs is 1. The van der Waals surface area contributed by atoms with Gasteiger partial charge in [-0.15, -0.1) is 0 Å². The molecule has 0 saturated heterocycles. The number of halogens is 2. The molecule has 0 aliphatic heterocycles. The zero-order valence-corrected chi connectivity index (χ0v) is 14.2. The lowest BCUT2D eigenvalue weighted by molar-refractivity contribution is 0.337. The van der Waals surface area contributed by atoms with Crippen LogP contribution in [0.1, 0.15) is 30.0 Å². The highest BCUT2D eigenvalue weighted by molar-refractivity contribution is 7.89. The van der Waals surface area contributed by atoms with Crippen LogP contribution in [0.4, 0.5) is 4.39 Å². The molecule has 1 aliphatic rings. The number of nitrogens with zero attached hydrogens (tertiary/aromatic N) is 1. The Morgan fingerprint density at radius 1 is 1.22 bits per heavy atom. The van der Waals surface area contributed by atoms with Crippen molar-refractivity contribution in [3.8, 4) is 0 Å². The molecule has 0 unspecified atom stereocenters. The number of hydrogen-bond acceptors (Lipinski definition) is 2. The first kappa shape index (κ1) is 16.4. The minimum atomic E-state index is -3.74. The van der Waals surface area contributed by atoms with Gasteiger partial charge in [-0.1, -0.05) is 35.9 Å². The van der Waals surface area contributed by atoms with Crippen molar-refractivity contribution in [3.63, 3.8) is 0 Å². The van der Waals surface area contributed by atoms with Crippen LogP contribution in [0.2, 0.25) is 5.02 Å². The molecule has 3 nitrogen and oxygen atoms in total. The van der Waals surface area contributed by atoms with Gasteiger partial charge in [0.15, 0.2) is 0 Å². The summed E-state index contributed by atoms with van der Waals surface area (Å²) in [6, 6.07) is 11.2. The molecule has 0 radical (unpaired) electrons. The highest BCUT2D eigenvalue weighted by Gasteiger charge is 2.32. The van der Waals surface area contributed by atoms with Crippen molar-refractivity contribution in [3.05, 3.63) is 64.4 Å². The Balaban J connectivity index is 1.99. The summed E-state index contributed by atoms with van der Waals surface area (Å²) in [5, 5.41) is -0.191. The Hall–Kier alpha value is -1.43. The monoisotopic (exact) mass is 353 g/mol. The van der Waals surface area contributed by atoms with Gasteiger partial charge in [0, 0.05) is 13.1 Å². The van der Waals surface area contributed by atoms with Crippen LogP contribution in [-0.2, 0) is 16.4 Å². The molecule has 6 heteroatoms. The minimum Gasteiger partial charge on any atom is -0.207 e. The van der Waals surface area contributed by atoms with Crippen LogP contribution >= 0.6 is 11.6 Å². The van der Waals surface area contributed by atoms with E-state index in [1.54, 1.807) is 7.05 Å². The van der Waals surface area contributed by atoms with Crippen molar-refractivity contribution in [1.82, 2.24) is 4.31 Å². The number of sulfonamides is 1. The largest absolute Gasteiger partial charge is 0.243 e. The summed E-state index contributed by atoms with van der Waals surface area (Å²) in [7, 11) is -2.17. The van der Waals surface area contributed by atoms with Gasteiger partial charge in [-0.05, 0) is 48.6 Å². The van der Waals surface area contributed by atoms with Gasteiger partial charge in [0.25, 0.3) is 0 Å². The molecule has 0 aromatic heterocycles. The molecular weight excluding hydrogens is 337 g/mol. The van der Waals surface area contributed by atoms with E-state index in [2.05, 4.69) is 0 Å². The fourth-order valence-corrected chi connectivity index (χ4v) is 4.72. The lowest BCUT2D eigenvalue weighted by Gasteiger charge is -2.32. The second kappa shape index (κ2) is 6.23. The van der Waals surface area contributed by atoms with E-state index >= 15 is 0 Å². The molecule has 0 N–H and O–H groups in total. The standard InChI is InChI=1S/C17H17ClFNO2S/c1-20(17-8-4-6-12-5-2-3-7-14(12)17)23(21,22)13-9-10-16(19)15(18)11-13/h2-3,5,7,9-11,17H,4,6,8H2,1H3/t17-/m0/s1. The Morgan fingerprint density at radius 2 is 1.96 bits per heavy atom. The molecule has 2 aromatic carbocycles. The highest BCUT2D eigenvalue weighted by Crippen LogP contribution is 2.36. The SMILES string of the molecule is CN([C@H]1CCCc2ccccc21)S(=O)(=O)c1ccc(F)c(Cl)c1. The number of rotatable bonds is 3. The van der Waals surface area contributed by atoms with Crippen LogP contribution in [0.25, 0.3) is 0 Å². The van der Waals surface area contributed by atoms with Crippen molar-refractivity contribution in [1.29, 1.82) is 0 Å². The van der Waals surface area contributed by atoms with Gasteiger partial charge in [-0.25, -0.2) is 12.8 Å². The molecule has 0 amide bonds. The molecule has 23 heavy (non-hydrogen) atoms. The van der Waals surface area contributed by atoms with Gasteiger partial charge in [0.1, 0.15) is 5.82 Å². The van der Waals surface area contributed by atoms with Gasteiger partial charge in [0.2, 0.25) is 10.0 Å². The van der Waals surface area contributed by atoms with Crippen molar-refractivity contribution >= 4 is 21.6 Å². The van der Waals surface area contributed by atoms with Crippen LogP contribution in [0, 0.1) is 5.82 Å². The Kier molecular flexibility index (Phi) is 4.45. The number of aryl methyl sites for hydroxylation is 1. The minimum absolute atomic E-state index is 0.00875. The van der Waals surface area contributed by atoms with Gasteiger partial charge in [0.05, 0.1) is 9.92 Å². The van der Waals surface area contributed by atoms with Gasteiger partial charge < -0.3 is 0 Å². The first-order chi connectivity index (χ1) is 10.9. The second-order valence-corrected chi connectivity index (χ2v) is 8.11. The summed E-state index contributed by atoms with van der Waals surface area (Å²) in [6.07, 6.45) is 2.66. The molecule has 0 spiro atoms. The molecular formula is C17H17ClFNO2S. The smallest absolute Gasteiger partial charge is 0.207 e.